The van der Waals surface area contributed by atoms with Gasteiger partial charge in [0, 0.05) is 36.1 Å². The van der Waals surface area contributed by atoms with E-state index in [0.29, 0.717) is 24.5 Å². The minimum atomic E-state index is -4.42. The fraction of sp³-hybridized carbons (Fsp3) is 0.333. The Morgan fingerprint density at radius 1 is 1.35 bits per heavy atom. The number of pyridine rings is 1. The summed E-state index contributed by atoms with van der Waals surface area (Å²) < 4.78 is 46.2. The zero-order valence-corrected chi connectivity index (χ0v) is 12.0. The lowest BCUT2D eigenvalue weighted by molar-refractivity contribution is -0.136. The molecule has 1 aliphatic heterocycles. The lowest BCUT2D eigenvalue weighted by Gasteiger charge is -2.07. The van der Waals surface area contributed by atoms with Crippen LogP contribution >= 0.6 is 0 Å². The van der Waals surface area contributed by atoms with Crippen LogP contribution in [0.25, 0.3) is 22.3 Å². The molecule has 0 radical (unpaired) electrons. The number of nitrogens with zero attached hydrogens (tertiary/aromatic N) is 3. The van der Waals surface area contributed by atoms with Gasteiger partial charge >= 0.3 is 6.18 Å². The molecule has 1 unspecified atom stereocenters. The first kappa shape index (κ1) is 14.3. The maximum atomic E-state index is 13.0. The Kier molecular flexibility index (Phi) is 3.15. The molecule has 0 aliphatic carbocycles. The van der Waals surface area contributed by atoms with Crippen LogP contribution in [0.15, 0.2) is 30.7 Å². The van der Waals surface area contributed by atoms with Crippen molar-refractivity contribution in [2.75, 3.05) is 13.2 Å². The van der Waals surface area contributed by atoms with Crippen molar-refractivity contribution in [1.29, 1.82) is 0 Å². The fourth-order valence-corrected chi connectivity index (χ4v) is 2.80. The normalized spacial score (nSPS) is 18.8. The van der Waals surface area contributed by atoms with Gasteiger partial charge in [-0.2, -0.15) is 18.3 Å². The summed E-state index contributed by atoms with van der Waals surface area (Å²) in [4.78, 5) is 6.62. The second-order valence-electron chi connectivity index (χ2n) is 5.52. The van der Waals surface area contributed by atoms with Gasteiger partial charge in [0.2, 0.25) is 0 Å². The molecule has 23 heavy (non-hydrogen) atoms. The predicted molar refractivity (Wildman–Crippen MR) is 76.8 cm³/mol. The summed E-state index contributed by atoms with van der Waals surface area (Å²) in [6, 6.07) is 3.43. The van der Waals surface area contributed by atoms with Crippen molar-refractivity contribution >= 4 is 11.0 Å². The maximum Gasteiger partial charge on any atom is 0.418 e. The molecule has 4 rings (SSSR count). The Hall–Kier alpha value is -2.35. The minimum Gasteiger partial charge on any atom is -0.379 e. The van der Waals surface area contributed by atoms with Gasteiger partial charge in [0.1, 0.15) is 5.65 Å². The third kappa shape index (κ3) is 2.48. The van der Waals surface area contributed by atoms with Gasteiger partial charge in [0.25, 0.3) is 0 Å². The number of ether oxygens (including phenoxy) is 1. The first-order chi connectivity index (χ1) is 11.0. The largest absolute Gasteiger partial charge is 0.418 e. The monoisotopic (exact) mass is 322 g/mol. The number of aromatic nitrogens is 4. The van der Waals surface area contributed by atoms with Gasteiger partial charge in [-0.1, -0.05) is 0 Å². The smallest absolute Gasteiger partial charge is 0.379 e. The van der Waals surface area contributed by atoms with Crippen LogP contribution in [-0.2, 0) is 10.9 Å². The molecular formula is C15H13F3N4O. The molecule has 0 amide bonds. The second kappa shape index (κ2) is 5.09. The molecule has 0 aromatic carbocycles. The first-order valence-electron chi connectivity index (χ1n) is 7.20. The van der Waals surface area contributed by atoms with Crippen molar-refractivity contribution in [2.45, 2.75) is 18.6 Å². The molecule has 4 heterocycles. The average Bonchev–Trinajstić information content (AvgIpc) is 3.24. The molecular weight excluding hydrogens is 309 g/mol. The highest BCUT2D eigenvalue weighted by Crippen LogP contribution is 2.35. The molecule has 0 bridgehead atoms. The van der Waals surface area contributed by atoms with E-state index in [1.807, 2.05) is 6.20 Å². The van der Waals surface area contributed by atoms with Crippen molar-refractivity contribution in [3.05, 3.63) is 36.3 Å². The summed E-state index contributed by atoms with van der Waals surface area (Å²) in [5, 5.41) is 4.50. The van der Waals surface area contributed by atoms with Gasteiger partial charge in [-0.3, -0.25) is 4.68 Å². The highest BCUT2D eigenvalue weighted by Gasteiger charge is 2.34. The second-order valence-corrected chi connectivity index (χ2v) is 5.52. The Balaban J connectivity index is 1.74. The van der Waals surface area contributed by atoms with Crippen LogP contribution in [0.2, 0.25) is 0 Å². The molecule has 1 saturated heterocycles. The minimum absolute atomic E-state index is 0.0498. The molecule has 1 fully saturated rings. The van der Waals surface area contributed by atoms with Gasteiger partial charge in [-0.15, -0.1) is 0 Å². The SMILES string of the molecule is FC(F)(F)c1c[nH]c2ncc(-c3ccn(C4CCOC4)n3)cc12. The van der Waals surface area contributed by atoms with E-state index in [-0.39, 0.29) is 17.1 Å². The third-order valence-corrected chi connectivity index (χ3v) is 4.02. The molecule has 0 spiro atoms. The number of fused-ring (bicyclic) bond motifs is 1. The molecule has 3 aromatic rings. The number of nitrogens with one attached hydrogen (secondary N) is 1. The van der Waals surface area contributed by atoms with Gasteiger partial charge in [-0.05, 0) is 18.6 Å². The number of rotatable bonds is 2. The van der Waals surface area contributed by atoms with E-state index in [1.54, 1.807) is 10.7 Å². The van der Waals surface area contributed by atoms with Crippen LogP contribution in [-0.4, -0.2) is 33.0 Å². The van der Waals surface area contributed by atoms with Gasteiger partial charge < -0.3 is 9.72 Å². The highest BCUT2D eigenvalue weighted by atomic mass is 19.4. The lowest BCUT2D eigenvalue weighted by atomic mass is 10.1. The van der Waals surface area contributed by atoms with Crippen molar-refractivity contribution < 1.29 is 17.9 Å². The number of hydrogen-bond donors (Lipinski definition) is 1. The Morgan fingerprint density at radius 2 is 2.22 bits per heavy atom. The van der Waals surface area contributed by atoms with Crippen molar-refractivity contribution in [3.8, 4) is 11.3 Å². The van der Waals surface area contributed by atoms with E-state index in [4.69, 9.17) is 4.74 Å². The Morgan fingerprint density at radius 3 is 2.96 bits per heavy atom. The molecule has 120 valence electrons. The van der Waals surface area contributed by atoms with Crippen LogP contribution in [0.1, 0.15) is 18.0 Å². The summed E-state index contributed by atoms with van der Waals surface area (Å²) in [5.41, 5.74) is 0.649. The number of halogens is 3. The van der Waals surface area contributed by atoms with E-state index in [1.165, 1.54) is 12.3 Å². The predicted octanol–water partition coefficient (Wildman–Crippen LogP) is 3.41. The quantitative estimate of drug-likeness (QED) is 0.787. The van der Waals surface area contributed by atoms with Crippen LogP contribution in [0.5, 0.6) is 0 Å². The standard InChI is InChI=1S/C15H13F3N4O/c16-15(17,18)12-7-20-14-11(12)5-9(6-19-14)13-1-3-22(21-13)10-2-4-23-8-10/h1,3,5-7,10H,2,4,8H2,(H,19,20). The number of aromatic amines is 1. The number of alkyl halides is 3. The molecule has 1 atom stereocenters. The van der Waals surface area contributed by atoms with Crippen LogP contribution in [0, 0.1) is 0 Å². The van der Waals surface area contributed by atoms with E-state index in [0.717, 1.165) is 12.6 Å². The topological polar surface area (TPSA) is 55.7 Å². The van der Waals surface area contributed by atoms with Gasteiger partial charge in [0.05, 0.1) is 23.9 Å². The summed E-state index contributed by atoms with van der Waals surface area (Å²) in [5.74, 6) is 0. The molecule has 3 aromatic heterocycles. The van der Waals surface area contributed by atoms with E-state index >= 15 is 0 Å². The van der Waals surface area contributed by atoms with Crippen molar-refractivity contribution in [3.63, 3.8) is 0 Å². The van der Waals surface area contributed by atoms with Gasteiger partial charge in [0.15, 0.2) is 0 Å². The average molecular weight is 322 g/mol. The first-order valence-corrected chi connectivity index (χ1v) is 7.20. The van der Waals surface area contributed by atoms with Crippen molar-refractivity contribution in [1.82, 2.24) is 19.7 Å². The summed E-state index contributed by atoms with van der Waals surface area (Å²) in [6.45, 7) is 1.31. The summed E-state index contributed by atoms with van der Waals surface area (Å²) in [7, 11) is 0. The lowest BCUT2D eigenvalue weighted by Crippen LogP contribution is -2.09. The number of H-pyrrole nitrogens is 1. The van der Waals surface area contributed by atoms with E-state index < -0.39 is 11.7 Å². The zero-order valence-electron chi connectivity index (χ0n) is 12.0. The molecule has 0 saturated carbocycles. The summed E-state index contributed by atoms with van der Waals surface area (Å²) >= 11 is 0. The fourth-order valence-electron chi connectivity index (χ4n) is 2.80. The Labute approximate surface area is 129 Å². The third-order valence-electron chi connectivity index (χ3n) is 4.02. The summed E-state index contributed by atoms with van der Waals surface area (Å²) in [6.07, 6.45) is 0.751. The highest BCUT2D eigenvalue weighted by molar-refractivity contribution is 5.84. The molecule has 8 heteroatoms. The van der Waals surface area contributed by atoms with Crippen molar-refractivity contribution in [2.24, 2.45) is 0 Å². The molecule has 5 nitrogen and oxygen atoms in total. The van der Waals surface area contributed by atoms with E-state index in [9.17, 15) is 13.2 Å². The van der Waals surface area contributed by atoms with E-state index in [2.05, 4.69) is 15.1 Å². The van der Waals surface area contributed by atoms with Crippen LogP contribution < -0.4 is 0 Å². The maximum absolute atomic E-state index is 13.0. The molecule has 1 aliphatic rings. The van der Waals surface area contributed by atoms with Gasteiger partial charge in [-0.25, -0.2) is 4.98 Å². The number of hydrogen-bond acceptors (Lipinski definition) is 3. The zero-order chi connectivity index (χ0) is 16.0. The van der Waals surface area contributed by atoms with Crippen LogP contribution in [0.4, 0.5) is 13.2 Å². The molecule has 1 N–H and O–H groups in total. The Bertz CT molecular complexity index is 846. The van der Waals surface area contributed by atoms with Crippen LogP contribution in [0.3, 0.4) is 0 Å².